The molecule has 192 valence electrons. The van der Waals surface area contributed by atoms with Crippen LogP contribution in [0.4, 0.5) is 17.1 Å². The minimum Gasteiger partial charge on any atom is -0.456 e. The van der Waals surface area contributed by atoms with E-state index in [4.69, 9.17) is 4.42 Å². The molecule has 40 heavy (non-hydrogen) atoms. The third-order valence-electron chi connectivity index (χ3n) is 7.66. The number of furan rings is 1. The molecule has 7 aromatic rings. The van der Waals surface area contributed by atoms with Crippen LogP contribution in [-0.2, 0) is 0 Å². The van der Waals surface area contributed by atoms with Crippen molar-refractivity contribution in [2.24, 2.45) is 0 Å². The molecule has 0 saturated carbocycles. The summed E-state index contributed by atoms with van der Waals surface area (Å²) in [5, 5.41) is 2.33. The first-order valence-electron chi connectivity index (χ1n) is 13.7. The number of anilines is 3. The molecule has 0 aliphatic carbocycles. The molecule has 0 atom stereocenters. The van der Waals surface area contributed by atoms with Crippen LogP contribution in [0.25, 0.3) is 44.2 Å². The van der Waals surface area contributed by atoms with Crippen molar-refractivity contribution in [1.29, 1.82) is 0 Å². The van der Waals surface area contributed by atoms with E-state index in [0.717, 1.165) is 33.6 Å². The summed E-state index contributed by atoms with van der Waals surface area (Å²) in [4.78, 5) is 2.29. The van der Waals surface area contributed by atoms with Gasteiger partial charge in [0.2, 0.25) is 0 Å². The molecule has 2 heteroatoms. The summed E-state index contributed by atoms with van der Waals surface area (Å²) >= 11 is 0. The lowest BCUT2D eigenvalue weighted by atomic mass is 9.94. The van der Waals surface area contributed by atoms with E-state index in [1.807, 2.05) is 0 Å². The quantitative estimate of drug-likeness (QED) is 0.227. The number of hydrogen-bond acceptors (Lipinski definition) is 2. The second-order valence-electron chi connectivity index (χ2n) is 10.4. The fourth-order valence-corrected chi connectivity index (χ4v) is 5.58. The smallest absolute Gasteiger partial charge is 0.136 e. The molecule has 0 spiro atoms. The monoisotopic (exact) mass is 515 g/mol. The van der Waals surface area contributed by atoms with Crippen molar-refractivity contribution in [3.63, 3.8) is 0 Å². The van der Waals surface area contributed by atoms with Gasteiger partial charge in [-0.25, -0.2) is 0 Å². The van der Waals surface area contributed by atoms with Gasteiger partial charge >= 0.3 is 0 Å². The molecule has 0 aliphatic rings. The van der Waals surface area contributed by atoms with E-state index < -0.39 is 0 Å². The zero-order chi connectivity index (χ0) is 27.1. The van der Waals surface area contributed by atoms with Crippen LogP contribution in [0, 0.1) is 13.8 Å². The number of para-hydroxylation sites is 2. The molecular formula is C38H29NO. The maximum atomic E-state index is 6.23. The number of nitrogens with zero attached hydrogens (tertiary/aromatic N) is 1. The van der Waals surface area contributed by atoms with E-state index in [9.17, 15) is 0 Å². The Kier molecular flexibility index (Phi) is 5.94. The normalized spacial score (nSPS) is 11.2. The number of benzene rings is 6. The van der Waals surface area contributed by atoms with Crippen LogP contribution in [0.15, 0.2) is 144 Å². The van der Waals surface area contributed by atoms with Gasteiger partial charge in [-0.3, -0.25) is 0 Å². The first-order valence-corrected chi connectivity index (χ1v) is 13.7. The predicted octanol–water partition coefficient (Wildman–Crippen LogP) is 11.0. The fourth-order valence-electron chi connectivity index (χ4n) is 5.58. The van der Waals surface area contributed by atoms with Gasteiger partial charge in [0.25, 0.3) is 0 Å². The molecular weight excluding hydrogens is 486 g/mol. The average molecular weight is 516 g/mol. The lowest BCUT2D eigenvalue weighted by Crippen LogP contribution is -2.09. The Morgan fingerprint density at radius 2 is 1.07 bits per heavy atom. The molecule has 6 aromatic carbocycles. The predicted molar refractivity (Wildman–Crippen MR) is 169 cm³/mol. The van der Waals surface area contributed by atoms with Gasteiger partial charge in [-0.1, -0.05) is 78.4 Å². The van der Waals surface area contributed by atoms with E-state index in [1.165, 1.54) is 38.8 Å². The van der Waals surface area contributed by atoms with Crippen LogP contribution in [-0.4, -0.2) is 0 Å². The molecule has 2 nitrogen and oxygen atoms in total. The minimum absolute atomic E-state index is 0.925. The Morgan fingerprint density at radius 1 is 0.450 bits per heavy atom. The number of rotatable bonds is 5. The SMILES string of the molecule is Cc1ccc2oc3cc(-c4cc(-c5ccc(N(c6ccccc6)c6ccccc6)cc5)ccc4C)ccc3c2c1. The zero-order valence-corrected chi connectivity index (χ0v) is 22.6. The van der Waals surface area contributed by atoms with Crippen LogP contribution >= 0.6 is 0 Å². The van der Waals surface area contributed by atoms with Gasteiger partial charge in [0.05, 0.1) is 0 Å². The van der Waals surface area contributed by atoms with E-state index in [-0.39, 0.29) is 0 Å². The van der Waals surface area contributed by atoms with Gasteiger partial charge in [-0.05, 0) is 108 Å². The van der Waals surface area contributed by atoms with Gasteiger partial charge in [-0.15, -0.1) is 0 Å². The summed E-state index contributed by atoms with van der Waals surface area (Å²) in [6.07, 6.45) is 0. The summed E-state index contributed by atoms with van der Waals surface area (Å²) < 4.78 is 6.23. The summed E-state index contributed by atoms with van der Waals surface area (Å²) in [6.45, 7) is 4.29. The molecule has 0 N–H and O–H groups in total. The van der Waals surface area contributed by atoms with Gasteiger partial charge in [-0.2, -0.15) is 0 Å². The number of aryl methyl sites for hydroxylation is 2. The second kappa shape index (κ2) is 9.91. The standard InChI is InChI=1S/C38H29NO/c1-26-13-22-37-36(23-26)34-21-18-30(25-38(34)40-37)35-24-29(15-14-27(35)2)28-16-19-33(20-17-28)39(31-9-5-3-6-10-31)32-11-7-4-8-12-32/h3-25H,1-2H3. The Labute approximate surface area is 234 Å². The molecule has 0 bridgehead atoms. The topological polar surface area (TPSA) is 16.4 Å². The van der Waals surface area contributed by atoms with Crippen LogP contribution in [0.5, 0.6) is 0 Å². The molecule has 0 unspecified atom stereocenters. The van der Waals surface area contributed by atoms with E-state index in [1.54, 1.807) is 0 Å². The van der Waals surface area contributed by atoms with E-state index in [0.29, 0.717) is 0 Å². The van der Waals surface area contributed by atoms with Crippen molar-refractivity contribution in [3.8, 4) is 22.3 Å². The third-order valence-corrected chi connectivity index (χ3v) is 7.66. The molecule has 1 aromatic heterocycles. The van der Waals surface area contributed by atoms with Crippen molar-refractivity contribution in [2.45, 2.75) is 13.8 Å². The van der Waals surface area contributed by atoms with Gasteiger partial charge in [0, 0.05) is 27.8 Å². The highest BCUT2D eigenvalue weighted by Gasteiger charge is 2.13. The van der Waals surface area contributed by atoms with Crippen LogP contribution < -0.4 is 4.90 Å². The first-order chi connectivity index (χ1) is 19.6. The maximum Gasteiger partial charge on any atom is 0.136 e. The number of hydrogen-bond donors (Lipinski definition) is 0. The fraction of sp³-hybridized carbons (Fsp3) is 0.0526. The summed E-state index contributed by atoms with van der Waals surface area (Å²) in [7, 11) is 0. The molecule has 0 fully saturated rings. The summed E-state index contributed by atoms with van der Waals surface area (Å²) in [5.74, 6) is 0. The van der Waals surface area contributed by atoms with Crippen LogP contribution in [0.3, 0.4) is 0 Å². The molecule has 0 aliphatic heterocycles. The second-order valence-corrected chi connectivity index (χ2v) is 10.4. The maximum absolute atomic E-state index is 6.23. The highest BCUT2D eigenvalue weighted by atomic mass is 16.3. The molecule has 0 amide bonds. The van der Waals surface area contributed by atoms with Crippen molar-refractivity contribution < 1.29 is 4.42 Å². The van der Waals surface area contributed by atoms with E-state index >= 15 is 0 Å². The van der Waals surface area contributed by atoms with Crippen molar-refractivity contribution in [3.05, 3.63) is 151 Å². The van der Waals surface area contributed by atoms with Gasteiger partial charge in [0.15, 0.2) is 0 Å². The van der Waals surface area contributed by atoms with Gasteiger partial charge < -0.3 is 9.32 Å². The largest absolute Gasteiger partial charge is 0.456 e. The van der Waals surface area contributed by atoms with Gasteiger partial charge in [0.1, 0.15) is 11.2 Å². The highest BCUT2D eigenvalue weighted by Crippen LogP contribution is 2.37. The molecule has 1 heterocycles. The molecule has 0 saturated heterocycles. The summed E-state index contributed by atoms with van der Waals surface area (Å²) in [5.41, 5.74) is 12.5. The molecule has 0 radical (unpaired) electrons. The lowest BCUT2D eigenvalue weighted by Gasteiger charge is -2.25. The Morgan fingerprint density at radius 3 is 1.77 bits per heavy atom. The zero-order valence-electron chi connectivity index (χ0n) is 22.6. The first kappa shape index (κ1) is 24.0. The Hall–Kier alpha value is -5.08. The average Bonchev–Trinajstić information content (AvgIpc) is 3.36. The van der Waals surface area contributed by atoms with Crippen molar-refractivity contribution in [2.75, 3.05) is 4.90 Å². The Bertz CT molecular complexity index is 1910. The van der Waals surface area contributed by atoms with Crippen molar-refractivity contribution in [1.82, 2.24) is 0 Å². The van der Waals surface area contributed by atoms with Crippen molar-refractivity contribution >= 4 is 39.0 Å². The third kappa shape index (κ3) is 4.34. The summed E-state index contributed by atoms with van der Waals surface area (Å²) in [6, 6.07) is 49.5. The van der Waals surface area contributed by atoms with E-state index in [2.05, 4.69) is 158 Å². The Balaban J connectivity index is 1.25. The lowest BCUT2D eigenvalue weighted by molar-refractivity contribution is 0.669. The highest BCUT2D eigenvalue weighted by molar-refractivity contribution is 6.06. The minimum atomic E-state index is 0.925. The van der Waals surface area contributed by atoms with Crippen LogP contribution in [0.2, 0.25) is 0 Å². The van der Waals surface area contributed by atoms with Crippen LogP contribution in [0.1, 0.15) is 11.1 Å². The number of fused-ring (bicyclic) bond motifs is 3. The molecule has 7 rings (SSSR count).